The fraction of sp³-hybridized carbons (Fsp3) is 0.929. The molecule has 2 aliphatic rings. The quantitative estimate of drug-likeness (QED) is 0.709. The molecule has 1 aliphatic carbocycles. The van der Waals surface area contributed by atoms with Gasteiger partial charge in [0, 0.05) is 0 Å². The van der Waals surface area contributed by atoms with E-state index in [0.717, 1.165) is 13.1 Å². The van der Waals surface area contributed by atoms with Gasteiger partial charge in [-0.3, -0.25) is 9.69 Å². The zero-order chi connectivity index (χ0) is 12.1. The molecule has 1 aliphatic heterocycles. The summed E-state index contributed by atoms with van der Waals surface area (Å²) in [4.78, 5) is 13.7. The fourth-order valence-electron chi connectivity index (χ4n) is 3.38. The molecule has 0 atom stereocenters. The van der Waals surface area contributed by atoms with Gasteiger partial charge in [0.1, 0.15) is 0 Å². The third-order valence-electron chi connectivity index (χ3n) is 4.49. The molecular formula is C14H25NO2. The Morgan fingerprint density at radius 2 is 1.76 bits per heavy atom. The van der Waals surface area contributed by atoms with Gasteiger partial charge < -0.3 is 4.74 Å². The zero-order valence-corrected chi connectivity index (χ0v) is 11.0. The molecule has 0 radical (unpaired) electrons. The van der Waals surface area contributed by atoms with E-state index in [9.17, 15) is 4.79 Å². The number of hydrogen-bond acceptors (Lipinski definition) is 3. The highest BCUT2D eigenvalue weighted by atomic mass is 16.5. The van der Waals surface area contributed by atoms with Gasteiger partial charge in [0.05, 0.1) is 13.2 Å². The maximum atomic E-state index is 11.4. The minimum atomic E-state index is -0.0629. The first-order valence-corrected chi connectivity index (χ1v) is 7.12. The van der Waals surface area contributed by atoms with Crippen LogP contribution in [0.1, 0.15) is 51.9 Å². The third-order valence-corrected chi connectivity index (χ3v) is 4.49. The average Bonchev–Trinajstić information content (AvgIpc) is 2.34. The van der Waals surface area contributed by atoms with E-state index in [1.165, 1.54) is 44.9 Å². The van der Waals surface area contributed by atoms with Crippen LogP contribution in [0.3, 0.4) is 0 Å². The van der Waals surface area contributed by atoms with Crippen molar-refractivity contribution < 1.29 is 9.53 Å². The SMILES string of the molecule is CCOC(=O)CN1CCC2(CCCCC2)CC1. The van der Waals surface area contributed by atoms with E-state index < -0.39 is 0 Å². The van der Waals surface area contributed by atoms with E-state index in [2.05, 4.69) is 4.90 Å². The molecule has 2 rings (SSSR count). The van der Waals surface area contributed by atoms with Crippen LogP contribution in [0.2, 0.25) is 0 Å². The van der Waals surface area contributed by atoms with Gasteiger partial charge in [-0.25, -0.2) is 0 Å². The fourth-order valence-corrected chi connectivity index (χ4v) is 3.38. The topological polar surface area (TPSA) is 29.5 Å². The summed E-state index contributed by atoms with van der Waals surface area (Å²) < 4.78 is 5.00. The van der Waals surface area contributed by atoms with Gasteiger partial charge in [-0.2, -0.15) is 0 Å². The summed E-state index contributed by atoms with van der Waals surface area (Å²) in [5.74, 6) is -0.0629. The Hall–Kier alpha value is -0.570. The van der Waals surface area contributed by atoms with Crippen LogP contribution < -0.4 is 0 Å². The van der Waals surface area contributed by atoms with Gasteiger partial charge in [-0.15, -0.1) is 0 Å². The van der Waals surface area contributed by atoms with E-state index in [4.69, 9.17) is 4.74 Å². The predicted octanol–water partition coefficient (Wildman–Crippen LogP) is 2.60. The second-order valence-electron chi connectivity index (χ2n) is 5.64. The number of carbonyl (C=O) groups is 1. The van der Waals surface area contributed by atoms with Crippen molar-refractivity contribution in [2.75, 3.05) is 26.2 Å². The van der Waals surface area contributed by atoms with E-state index in [0.29, 0.717) is 18.6 Å². The molecule has 98 valence electrons. The number of ether oxygens (including phenoxy) is 1. The third kappa shape index (κ3) is 3.44. The number of piperidine rings is 1. The molecule has 0 amide bonds. The first-order valence-electron chi connectivity index (χ1n) is 7.12. The maximum absolute atomic E-state index is 11.4. The highest BCUT2D eigenvalue weighted by Crippen LogP contribution is 2.44. The van der Waals surface area contributed by atoms with Crippen LogP contribution in [0, 0.1) is 5.41 Å². The van der Waals surface area contributed by atoms with Crippen LogP contribution in [0.15, 0.2) is 0 Å². The predicted molar refractivity (Wildman–Crippen MR) is 67.8 cm³/mol. The van der Waals surface area contributed by atoms with Crippen molar-refractivity contribution in [3.8, 4) is 0 Å². The molecule has 1 spiro atoms. The maximum Gasteiger partial charge on any atom is 0.320 e. The van der Waals surface area contributed by atoms with Crippen molar-refractivity contribution in [3.05, 3.63) is 0 Å². The molecule has 2 fully saturated rings. The number of rotatable bonds is 3. The molecule has 0 bridgehead atoms. The van der Waals surface area contributed by atoms with E-state index >= 15 is 0 Å². The smallest absolute Gasteiger partial charge is 0.320 e. The van der Waals surface area contributed by atoms with Crippen LogP contribution in [0.5, 0.6) is 0 Å². The monoisotopic (exact) mass is 239 g/mol. The van der Waals surface area contributed by atoms with Gasteiger partial charge in [0.25, 0.3) is 0 Å². The van der Waals surface area contributed by atoms with Crippen LogP contribution in [-0.4, -0.2) is 37.1 Å². The van der Waals surface area contributed by atoms with E-state index in [-0.39, 0.29) is 5.97 Å². The second kappa shape index (κ2) is 5.85. The van der Waals surface area contributed by atoms with Gasteiger partial charge >= 0.3 is 5.97 Å². The lowest BCUT2D eigenvalue weighted by molar-refractivity contribution is -0.145. The molecule has 1 heterocycles. The Bertz CT molecular complexity index is 249. The van der Waals surface area contributed by atoms with Crippen molar-refractivity contribution in [2.24, 2.45) is 5.41 Å². The van der Waals surface area contributed by atoms with E-state index in [1.54, 1.807) is 0 Å². The molecule has 0 aromatic carbocycles. The van der Waals surface area contributed by atoms with Crippen LogP contribution in [0.25, 0.3) is 0 Å². The Balaban J connectivity index is 1.75. The van der Waals surface area contributed by atoms with Gasteiger partial charge in [-0.05, 0) is 51.1 Å². The van der Waals surface area contributed by atoms with Crippen molar-refractivity contribution in [1.82, 2.24) is 4.90 Å². The normalized spacial score (nSPS) is 24.8. The summed E-state index contributed by atoms with van der Waals surface area (Å²) in [5, 5.41) is 0. The molecule has 3 heteroatoms. The number of hydrogen-bond donors (Lipinski definition) is 0. The summed E-state index contributed by atoms with van der Waals surface area (Å²) >= 11 is 0. The Labute approximate surface area is 105 Å². The first-order chi connectivity index (χ1) is 8.24. The van der Waals surface area contributed by atoms with Gasteiger partial charge in [0.2, 0.25) is 0 Å². The number of nitrogens with zero attached hydrogens (tertiary/aromatic N) is 1. The zero-order valence-electron chi connectivity index (χ0n) is 11.0. The van der Waals surface area contributed by atoms with Crippen molar-refractivity contribution in [1.29, 1.82) is 0 Å². The van der Waals surface area contributed by atoms with Crippen LogP contribution >= 0.6 is 0 Å². The Morgan fingerprint density at radius 3 is 2.35 bits per heavy atom. The van der Waals surface area contributed by atoms with Crippen LogP contribution in [-0.2, 0) is 9.53 Å². The molecule has 3 nitrogen and oxygen atoms in total. The molecule has 0 aromatic heterocycles. The highest BCUT2D eigenvalue weighted by Gasteiger charge is 2.35. The van der Waals surface area contributed by atoms with Crippen molar-refractivity contribution >= 4 is 5.97 Å². The summed E-state index contributed by atoms with van der Waals surface area (Å²) in [5.41, 5.74) is 0.628. The second-order valence-corrected chi connectivity index (χ2v) is 5.64. The number of likely N-dealkylation sites (tertiary alicyclic amines) is 1. The minimum absolute atomic E-state index is 0.0629. The summed E-state index contributed by atoms with van der Waals surface area (Å²) in [6, 6.07) is 0. The highest BCUT2D eigenvalue weighted by molar-refractivity contribution is 5.71. The standard InChI is InChI=1S/C14H25NO2/c1-2-17-13(16)12-15-10-8-14(9-11-15)6-4-3-5-7-14/h2-12H2,1H3. The van der Waals surface area contributed by atoms with Gasteiger partial charge in [-0.1, -0.05) is 19.3 Å². The minimum Gasteiger partial charge on any atom is -0.465 e. The molecule has 17 heavy (non-hydrogen) atoms. The molecule has 0 aromatic rings. The van der Waals surface area contributed by atoms with Gasteiger partial charge in [0.15, 0.2) is 0 Å². The molecule has 0 N–H and O–H groups in total. The average molecular weight is 239 g/mol. The summed E-state index contributed by atoms with van der Waals surface area (Å²) in [6.07, 6.45) is 9.66. The lowest BCUT2D eigenvalue weighted by Gasteiger charge is -2.44. The number of esters is 1. The number of carbonyl (C=O) groups excluding carboxylic acids is 1. The van der Waals surface area contributed by atoms with Crippen molar-refractivity contribution in [2.45, 2.75) is 51.9 Å². The Kier molecular flexibility index (Phi) is 4.43. The molecule has 1 saturated heterocycles. The van der Waals surface area contributed by atoms with Crippen molar-refractivity contribution in [3.63, 3.8) is 0 Å². The summed E-state index contributed by atoms with van der Waals surface area (Å²) in [7, 11) is 0. The van der Waals surface area contributed by atoms with Crippen LogP contribution in [0.4, 0.5) is 0 Å². The van der Waals surface area contributed by atoms with E-state index in [1.807, 2.05) is 6.92 Å². The first kappa shape index (κ1) is 12.9. The lowest BCUT2D eigenvalue weighted by atomic mass is 9.68. The molecule has 0 unspecified atom stereocenters. The molecule has 1 saturated carbocycles. The Morgan fingerprint density at radius 1 is 1.12 bits per heavy atom. The lowest BCUT2D eigenvalue weighted by Crippen LogP contribution is -2.43. The summed E-state index contributed by atoms with van der Waals surface area (Å²) in [6.45, 7) is 5.02. The molecular weight excluding hydrogens is 214 g/mol. The largest absolute Gasteiger partial charge is 0.465 e.